The number of amides is 1. The number of anilines is 2. The Labute approximate surface area is 170 Å². The van der Waals surface area contributed by atoms with Crippen molar-refractivity contribution in [2.24, 2.45) is 0 Å². The second-order valence-corrected chi connectivity index (χ2v) is 6.66. The molecule has 0 aliphatic carbocycles. The molecule has 0 aliphatic heterocycles. The fourth-order valence-electron chi connectivity index (χ4n) is 3.09. The number of carbonyl (C=O) groups excluding carboxylic acids is 1. The minimum Gasteiger partial charge on any atom is -0.495 e. The Balaban J connectivity index is 1.86. The van der Waals surface area contributed by atoms with Crippen molar-refractivity contribution in [1.29, 1.82) is 0 Å². The normalized spacial score (nSPS) is 11.6. The maximum Gasteiger partial charge on any atom is 0.221 e. The van der Waals surface area contributed by atoms with E-state index < -0.39 is 0 Å². The number of methoxy groups -OCH3 is 1. The highest BCUT2D eigenvalue weighted by Crippen LogP contribution is 2.30. The number of rotatable bonds is 8. The predicted octanol–water partition coefficient (Wildman–Crippen LogP) is 4.46. The van der Waals surface area contributed by atoms with E-state index in [0.717, 1.165) is 24.0 Å². The Kier molecular flexibility index (Phi) is 6.73. The summed E-state index contributed by atoms with van der Waals surface area (Å²) in [6, 6.07) is 9.62. The summed E-state index contributed by atoms with van der Waals surface area (Å²) in [6.45, 7) is 3.61. The lowest BCUT2D eigenvalue weighted by molar-refractivity contribution is -0.114. The second kappa shape index (κ2) is 9.64. The number of hydrogen-bond acceptors (Lipinski definition) is 6. The molecular weight excluding hydrogens is 366 g/mol. The van der Waals surface area contributed by atoms with Gasteiger partial charge in [0.1, 0.15) is 11.6 Å². The van der Waals surface area contributed by atoms with Crippen LogP contribution in [0.5, 0.6) is 5.75 Å². The molecule has 7 heteroatoms. The van der Waals surface area contributed by atoms with Crippen LogP contribution in [-0.4, -0.2) is 28.0 Å². The summed E-state index contributed by atoms with van der Waals surface area (Å²) >= 11 is 0. The summed E-state index contributed by atoms with van der Waals surface area (Å²) in [7, 11) is 1.57. The third kappa shape index (κ3) is 5.28. The first-order valence-electron chi connectivity index (χ1n) is 9.55. The third-order valence-electron chi connectivity index (χ3n) is 4.43. The summed E-state index contributed by atoms with van der Waals surface area (Å²) in [5.41, 5.74) is 3.29. The Morgan fingerprint density at radius 3 is 2.72 bits per heavy atom. The molecule has 150 valence electrons. The Hall–Kier alpha value is -3.48. The smallest absolute Gasteiger partial charge is 0.221 e. The molecule has 3 rings (SSSR count). The maximum absolute atomic E-state index is 11.4. The first-order valence-corrected chi connectivity index (χ1v) is 9.55. The molecule has 1 amide bonds. The van der Waals surface area contributed by atoms with Crippen LogP contribution in [0.4, 0.5) is 11.5 Å². The van der Waals surface area contributed by atoms with E-state index >= 15 is 0 Å². The molecule has 1 atom stereocenters. The summed E-state index contributed by atoms with van der Waals surface area (Å²) in [5.74, 6) is 1.10. The molecule has 0 bridgehead atoms. The van der Waals surface area contributed by atoms with Crippen molar-refractivity contribution in [2.45, 2.75) is 32.7 Å². The number of ether oxygens (including phenoxy) is 1. The first-order chi connectivity index (χ1) is 14.1. The molecule has 0 saturated heterocycles. The number of nitrogens with zero attached hydrogens (tertiary/aromatic N) is 3. The van der Waals surface area contributed by atoms with Crippen molar-refractivity contribution < 1.29 is 9.53 Å². The fourth-order valence-corrected chi connectivity index (χ4v) is 3.09. The average molecular weight is 391 g/mol. The van der Waals surface area contributed by atoms with E-state index in [9.17, 15) is 4.79 Å². The van der Waals surface area contributed by atoms with Gasteiger partial charge in [0, 0.05) is 24.9 Å². The fraction of sp³-hybridized carbons (Fsp3) is 0.273. The van der Waals surface area contributed by atoms with E-state index in [2.05, 4.69) is 33.6 Å². The van der Waals surface area contributed by atoms with Gasteiger partial charge in [-0.25, -0.2) is 4.98 Å². The minimum absolute atomic E-state index is 0.106. The molecule has 29 heavy (non-hydrogen) atoms. The molecule has 0 saturated carbocycles. The van der Waals surface area contributed by atoms with Crippen LogP contribution < -0.4 is 15.4 Å². The van der Waals surface area contributed by atoms with Gasteiger partial charge in [0.05, 0.1) is 36.9 Å². The molecule has 2 N–H and O–H groups in total. The lowest BCUT2D eigenvalue weighted by Gasteiger charge is -2.19. The number of benzene rings is 1. The zero-order chi connectivity index (χ0) is 20.6. The number of carbonyl (C=O) groups is 1. The topological polar surface area (TPSA) is 89.0 Å². The van der Waals surface area contributed by atoms with E-state index in [1.54, 1.807) is 31.8 Å². The molecule has 3 aromatic rings. The quantitative estimate of drug-likeness (QED) is 0.589. The summed E-state index contributed by atoms with van der Waals surface area (Å²) in [4.78, 5) is 24.6. The zero-order valence-electron chi connectivity index (χ0n) is 16.8. The van der Waals surface area contributed by atoms with Crippen LogP contribution in [0.3, 0.4) is 0 Å². The standard InChI is InChI=1S/C22H25N5O2/c1-4-6-18(17-7-5-10-23-12-17)26-22-14-24-13-20(27-22)16-8-9-19(25-15(2)28)21(11-16)29-3/h5,7-14,18H,4,6H2,1-3H3,(H,25,28)(H,26,27)/t18-/m1/s1. The molecule has 7 nitrogen and oxygen atoms in total. The number of aromatic nitrogens is 3. The van der Waals surface area contributed by atoms with Gasteiger partial charge >= 0.3 is 0 Å². The van der Waals surface area contributed by atoms with Gasteiger partial charge < -0.3 is 15.4 Å². The van der Waals surface area contributed by atoms with Crippen LogP contribution in [0.1, 0.15) is 38.3 Å². The van der Waals surface area contributed by atoms with Crippen LogP contribution in [0.2, 0.25) is 0 Å². The third-order valence-corrected chi connectivity index (χ3v) is 4.43. The molecule has 0 unspecified atom stereocenters. The Morgan fingerprint density at radius 2 is 2.03 bits per heavy atom. The van der Waals surface area contributed by atoms with Gasteiger partial charge in [-0.2, -0.15) is 0 Å². The molecule has 1 aromatic carbocycles. The molecule has 0 spiro atoms. The monoisotopic (exact) mass is 391 g/mol. The largest absolute Gasteiger partial charge is 0.495 e. The van der Waals surface area contributed by atoms with Crippen LogP contribution in [0.25, 0.3) is 11.3 Å². The van der Waals surface area contributed by atoms with Crippen LogP contribution in [-0.2, 0) is 4.79 Å². The van der Waals surface area contributed by atoms with Gasteiger partial charge in [-0.05, 0) is 30.2 Å². The van der Waals surface area contributed by atoms with Crippen molar-refractivity contribution in [2.75, 3.05) is 17.7 Å². The van der Waals surface area contributed by atoms with Crippen molar-refractivity contribution in [3.63, 3.8) is 0 Å². The van der Waals surface area contributed by atoms with E-state index in [1.807, 2.05) is 24.4 Å². The lowest BCUT2D eigenvalue weighted by atomic mass is 10.0. The summed E-state index contributed by atoms with van der Waals surface area (Å²) in [5, 5.41) is 6.23. The van der Waals surface area contributed by atoms with Crippen LogP contribution >= 0.6 is 0 Å². The van der Waals surface area contributed by atoms with Gasteiger partial charge in [-0.15, -0.1) is 0 Å². The van der Waals surface area contributed by atoms with Gasteiger partial charge in [0.25, 0.3) is 0 Å². The zero-order valence-corrected chi connectivity index (χ0v) is 16.8. The highest BCUT2D eigenvalue weighted by atomic mass is 16.5. The van der Waals surface area contributed by atoms with Crippen LogP contribution in [0.15, 0.2) is 55.1 Å². The highest BCUT2D eigenvalue weighted by molar-refractivity contribution is 5.91. The van der Waals surface area contributed by atoms with Crippen molar-refractivity contribution in [3.05, 3.63) is 60.7 Å². The first kappa shape index (κ1) is 20.3. The van der Waals surface area contributed by atoms with E-state index in [-0.39, 0.29) is 11.9 Å². The van der Waals surface area contributed by atoms with Gasteiger partial charge in [0.15, 0.2) is 0 Å². The van der Waals surface area contributed by atoms with Gasteiger partial charge in [0.2, 0.25) is 5.91 Å². The summed E-state index contributed by atoms with van der Waals surface area (Å²) < 4.78 is 5.41. The number of hydrogen-bond donors (Lipinski definition) is 2. The predicted molar refractivity (Wildman–Crippen MR) is 114 cm³/mol. The van der Waals surface area contributed by atoms with Crippen molar-refractivity contribution in [1.82, 2.24) is 15.0 Å². The maximum atomic E-state index is 11.4. The summed E-state index contributed by atoms with van der Waals surface area (Å²) in [6.07, 6.45) is 9.04. The van der Waals surface area contributed by atoms with E-state index in [4.69, 9.17) is 9.72 Å². The van der Waals surface area contributed by atoms with Crippen molar-refractivity contribution in [3.8, 4) is 17.0 Å². The SMILES string of the molecule is CCC[C@@H](Nc1cncc(-c2ccc(NC(C)=O)c(OC)c2)n1)c1cccnc1. The second-order valence-electron chi connectivity index (χ2n) is 6.66. The van der Waals surface area contributed by atoms with E-state index in [0.29, 0.717) is 22.9 Å². The highest BCUT2D eigenvalue weighted by Gasteiger charge is 2.13. The molecule has 0 fully saturated rings. The molecule has 0 radical (unpaired) electrons. The van der Waals surface area contributed by atoms with Crippen molar-refractivity contribution >= 4 is 17.4 Å². The minimum atomic E-state index is -0.153. The number of pyridine rings is 1. The molecule has 2 aromatic heterocycles. The molecule has 2 heterocycles. The van der Waals surface area contributed by atoms with Gasteiger partial charge in [-0.3, -0.25) is 14.8 Å². The van der Waals surface area contributed by atoms with Gasteiger partial charge in [-0.1, -0.05) is 25.5 Å². The molecule has 0 aliphatic rings. The Bertz CT molecular complexity index is 962. The Morgan fingerprint density at radius 1 is 1.17 bits per heavy atom. The van der Waals surface area contributed by atoms with Crippen LogP contribution in [0, 0.1) is 0 Å². The number of nitrogens with one attached hydrogen (secondary N) is 2. The molecular formula is C22H25N5O2. The lowest BCUT2D eigenvalue weighted by Crippen LogP contribution is -2.12. The average Bonchev–Trinajstić information content (AvgIpc) is 2.74. The van der Waals surface area contributed by atoms with E-state index in [1.165, 1.54) is 6.92 Å².